The molecule has 0 radical (unpaired) electrons. The Kier molecular flexibility index (Phi) is 3.18. The third kappa shape index (κ3) is 1.90. The largest absolute Gasteiger partial charge is 0.368 e. The number of nitrogens with two attached hydrogens (primary N) is 1. The van der Waals surface area contributed by atoms with E-state index >= 15 is 0 Å². The topological polar surface area (TPSA) is 80.3 Å². The van der Waals surface area contributed by atoms with Crippen LogP contribution in [0.15, 0.2) is 0 Å². The van der Waals surface area contributed by atoms with Crippen LogP contribution in [0.4, 0.5) is 5.95 Å². The Morgan fingerprint density at radius 1 is 1.27 bits per heavy atom. The average molecular weight is 232 g/mol. The summed E-state index contributed by atoms with van der Waals surface area (Å²) in [6.07, 6.45) is 0. The van der Waals surface area contributed by atoms with E-state index in [-0.39, 0.29) is 5.95 Å². The van der Waals surface area contributed by atoms with Gasteiger partial charge in [0.25, 0.3) is 0 Å². The van der Waals surface area contributed by atoms with Crippen molar-refractivity contribution >= 4 is 13.5 Å². The lowest BCUT2D eigenvalue weighted by Crippen LogP contribution is -2.27. The van der Waals surface area contributed by atoms with Gasteiger partial charge in [-0.1, -0.05) is 0 Å². The molecule has 1 heterocycles. The lowest BCUT2D eigenvalue weighted by atomic mass is 10.8. The molecule has 0 bridgehead atoms. The van der Waals surface area contributed by atoms with Crippen LogP contribution in [-0.2, 0) is 4.57 Å². The second kappa shape index (κ2) is 3.92. The summed E-state index contributed by atoms with van der Waals surface area (Å²) in [6, 6.07) is 0. The zero-order valence-electron chi connectivity index (χ0n) is 9.67. The van der Waals surface area contributed by atoms with Crippen LogP contribution >= 0.6 is 7.59 Å². The molecule has 0 saturated carbocycles. The Morgan fingerprint density at radius 2 is 1.73 bits per heavy atom. The van der Waals surface area contributed by atoms with E-state index in [4.69, 9.17) is 5.73 Å². The van der Waals surface area contributed by atoms with Crippen molar-refractivity contribution in [1.82, 2.24) is 23.9 Å². The molecule has 1 aromatic heterocycles. The molecule has 0 aromatic carbocycles. The minimum Gasteiger partial charge on any atom is -0.368 e. The first-order chi connectivity index (χ1) is 6.80. The molecular weight excluding hydrogens is 215 g/mol. The second-order valence-corrected chi connectivity index (χ2v) is 6.62. The molecule has 1 aromatic rings. The van der Waals surface area contributed by atoms with Gasteiger partial charge in [-0.25, -0.2) is 9.34 Å². The molecule has 15 heavy (non-hydrogen) atoms. The molecule has 0 saturated heterocycles. The van der Waals surface area contributed by atoms with E-state index < -0.39 is 7.59 Å². The zero-order chi connectivity index (χ0) is 11.8. The fourth-order valence-electron chi connectivity index (χ4n) is 1.31. The Morgan fingerprint density at radius 3 is 2.00 bits per heavy atom. The lowest BCUT2D eigenvalue weighted by Gasteiger charge is -2.29. The molecule has 0 amide bonds. The van der Waals surface area contributed by atoms with E-state index in [1.54, 1.807) is 44.5 Å². The molecule has 0 aliphatic rings. The third-order valence-electron chi connectivity index (χ3n) is 2.01. The maximum Gasteiger partial charge on any atom is 0.332 e. The quantitative estimate of drug-likeness (QED) is 0.752. The van der Waals surface area contributed by atoms with Crippen LogP contribution in [0, 0.1) is 6.92 Å². The molecule has 7 nitrogen and oxygen atoms in total. The Hall–Kier alpha value is -0.910. The van der Waals surface area contributed by atoms with Crippen molar-refractivity contribution in [3.05, 3.63) is 5.82 Å². The summed E-state index contributed by atoms with van der Waals surface area (Å²) in [4.78, 5) is 3.95. The molecule has 0 aliphatic heterocycles. The highest BCUT2D eigenvalue weighted by atomic mass is 31.2. The summed E-state index contributed by atoms with van der Waals surface area (Å²) in [5.74, 6) is 0.676. The van der Waals surface area contributed by atoms with Crippen molar-refractivity contribution in [2.45, 2.75) is 6.92 Å². The van der Waals surface area contributed by atoms with Crippen molar-refractivity contribution in [3.63, 3.8) is 0 Å². The van der Waals surface area contributed by atoms with Crippen LogP contribution in [0.2, 0.25) is 0 Å². The first kappa shape index (κ1) is 12.2. The predicted molar refractivity (Wildman–Crippen MR) is 59.5 cm³/mol. The van der Waals surface area contributed by atoms with Gasteiger partial charge in [-0.15, -0.1) is 5.10 Å². The summed E-state index contributed by atoms with van der Waals surface area (Å²) in [5, 5.41) is 4.06. The number of hydrogen-bond donors (Lipinski definition) is 1. The van der Waals surface area contributed by atoms with Crippen LogP contribution in [-0.4, -0.2) is 52.1 Å². The van der Waals surface area contributed by atoms with E-state index in [1.165, 1.54) is 4.45 Å². The normalized spacial score (nSPS) is 12.7. The monoisotopic (exact) mass is 232 g/mol. The smallest absolute Gasteiger partial charge is 0.332 e. The summed E-state index contributed by atoms with van der Waals surface area (Å²) >= 11 is 0. The van der Waals surface area contributed by atoms with Gasteiger partial charge < -0.3 is 5.73 Å². The van der Waals surface area contributed by atoms with Crippen LogP contribution in [0.5, 0.6) is 0 Å². The van der Waals surface area contributed by atoms with Crippen molar-refractivity contribution in [2.24, 2.45) is 0 Å². The summed E-state index contributed by atoms with van der Waals surface area (Å²) in [6.45, 7) is 1.71. The van der Waals surface area contributed by atoms with Crippen molar-refractivity contribution in [2.75, 3.05) is 33.9 Å². The summed E-state index contributed by atoms with van der Waals surface area (Å²) < 4.78 is 17.2. The fraction of sp³-hybridized carbons (Fsp3) is 0.714. The van der Waals surface area contributed by atoms with E-state index in [9.17, 15) is 4.57 Å². The van der Waals surface area contributed by atoms with Crippen LogP contribution in [0.25, 0.3) is 0 Å². The summed E-state index contributed by atoms with van der Waals surface area (Å²) in [5.41, 5.74) is 5.67. The molecule has 0 fully saturated rings. The number of nitrogens with zero attached hydrogens (tertiary/aromatic N) is 5. The third-order valence-corrected chi connectivity index (χ3v) is 4.88. The van der Waals surface area contributed by atoms with Gasteiger partial charge in [0.2, 0.25) is 5.95 Å². The minimum atomic E-state index is -2.95. The number of aryl methyl sites for hydroxylation is 1. The maximum absolute atomic E-state index is 12.7. The van der Waals surface area contributed by atoms with E-state index in [2.05, 4.69) is 10.1 Å². The molecule has 2 N–H and O–H groups in total. The van der Waals surface area contributed by atoms with E-state index in [0.717, 1.165) is 0 Å². The molecule has 86 valence electrons. The van der Waals surface area contributed by atoms with E-state index in [0.29, 0.717) is 5.82 Å². The Bertz CT molecular complexity index is 386. The molecule has 8 heteroatoms. The minimum absolute atomic E-state index is 0.165. The van der Waals surface area contributed by atoms with Gasteiger partial charge in [-0.2, -0.15) is 9.44 Å². The van der Waals surface area contributed by atoms with Gasteiger partial charge in [-0.05, 0) is 35.1 Å². The first-order valence-electron chi connectivity index (χ1n) is 4.45. The van der Waals surface area contributed by atoms with Gasteiger partial charge in [0, 0.05) is 0 Å². The predicted octanol–water partition coefficient (Wildman–Crippen LogP) is 0.248. The molecule has 0 unspecified atom stereocenters. The molecule has 0 aliphatic carbocycles. The van der Waals surface area contributed by atoms with Gasteiger partial charge in [-0.3, -0.25) is 4.57 Å². The lowest BCUT2D eigenvalue weighted by molar-refractivity contribution is 0.431. The Balaban J connectivity index is 3.34. The van der Waals surface area contributed by atoms with E-state index in [1.807, 2.05) is 0 Å². The highest BCUT2D eigenvalue weighted by molar-refractivity contribution is 7.57. The van der Waals surface area contributed by atoms with Gasteiger partial charge >= 0.3 is 7.59 Å². The number of aromatic nitrogens is 3. The van der Waals surface area contributed by atoms with Gasteiger partial charge in [0.05, 0.1) is 0 Å². The fourth-order valence-corrected chi connectivity index (χ4v) is 3.26. The highest BCUT2D eigenvalue weighted by Crippen LogP contribution is 2.51. The van der Waals surface area contributed by atoms with Crippen molar-refractivity contribution in [3.8, 4) is 0 Å². The van der Waals surface area contributed by atoms with Gasteiger partial charge in [0.1, 0.15) is 5.82 Å². The number of rotatable bonds is 3. The first-order valence-corrected chi connectivity index (χ1v) is 6.02. The van der Waals surface area contributed by atoms with Crippen LogP contribution < -0.4 is 5.73 Å². The molecular formula is C7H17N6OP. The SMILES string of the molecule is Cc1nc(N)n(P(=O)(N(C)C)N(C)C)n1. The van der Waals surface area contributed by atoms with Crippen LogP contribution in [0.1, 0.15) is 5.82 Å². The Labute approximate surface area is 89.4 Å². The summed E-state index contributed by atoms with van der Waals surface area (Å²) in [7, 11) is 3.93. The van der Waals surface area contributed by atoms with Crippen LogP contribution in [0.3, 0.4) is 0 Å². The average Bonchev–Trinajstić information content (AvgIpc) is 2.43. The second-order valence-electron chi connectivity index (χ2n) is 3.61. The molecule has 0 spiro atoms. The maximum atomic E-state index is 12.7. The number of hydrogen-bond acceptors (Lipinski definition) is 4. The number of nitrogen functional groups attached to an aromatic ring is 1. The van der Waals surface area contributed by atoms with Crippen molar-refractivity contribution in [1.29, 1.82) is 0 Å². The van der Waals surface area contributed by atoms with Gasteiger partial charge in [0.15, 0.2) is 0 Å². The molecule has 0 atom stereocenters. The standard InChI is InChI=1S/C7H17N6OP/c1-6-9-7(8)13(10-6)15(14,11(2)3)12(4)5/h1-5H3,(H2,8,9,10). The zero-order valence-corrected chi connectivity index (χ0v) is 10.6. The highest BCUT2D eigenvalue weighted by Gasteiger charge is 2.33. The van der Waals surface area contributed by atoms with Crippen molar-refractivity contribution < 1.29 is 4.57 Å². The molecule has 1 rings (SSSR count). The number of anilines is 1.